The Labute approximate surface area is 225 Å². The second kappa shape index (κ2) is 9.24. The highest BCUT2D eigenvalue weighted by Crippen LogP contribution is 2.55. The fourth-order valence-electron chi connectivity index (χ4n) is 7.56. The summed E-state index contributed by atoms with van der Waals surface area (Å²) in [6, 6.07) is -1.20. The number of nitrogens with zero attached hydrogens (tertiary/aromatic N) is 3. The average Bonchev–Trinajstić information content (AvgIpc) is 3.62. The largest absolute Gasteiger partial charge is 0.471 e. The molecule has 212 valence electrons. The van der Waals surface area contributed by atoms with Gasteiger partial charge in [0.1, 0.15) is 18.1 Å². The van der Waals surface area contributed by atoms with Crippen LogP contribution in [0.25, 0.3) is 0 Å². The smallest absolute Gasteiger partial charge is 0.356 e. The Bertz CT molecular complexity index is 1160. The fraction of sp³-hybridized carbons (Fsp3) is 0.741. The normalized spacial score (nSPS) is 36.1. The molecule has 3 saturated heterocycles. The van der Waals surface area contributed by atoms with E-state index in [1.165, 1.54) is 9.80 Å². The third-order valence-corrected chi connectivity index (χ3v) is 9.44. The van der Waals surface area contributed by atoms with Crippen molar-refractivity contribution in [1.29, 1.82) is 5.26 Å². The molecule has 0 aromatic rings. The van der Waals surface area contributed by atoms with Crippen LogP contribution in [0.4, 0.5) is 13.2 Å². The van der Waals surface area contributed by atoms with Crippen LogP contribution in [0.2, 0.25) is 0 Å². The van der Waals surface area contributed by atoms with Gasteiger partial charge < -0.3 is 20.4 Å². The summed E-state index contributed by atoms with van der Waals surface area (Å²) < 4.78 is 39.5. The molecule has 8 atom stereocenters. The van der Waals surface area contributed by atoms with Gasteiger partial charge in [-0.05, 0) is 54.8 Å². The molecule has 5 aliphatic rings. The lowest BCUT2D eigenvalue weighted by Gasteiger charge is -2.38. The second-order valence-electron chi connectivity index (χ2n) is 12.9. The minimum absolute atomic E-state index is 0.0275. The predicted molar refractivity (Wildman–Crippen MR) is 131 cm³/mol. The summed E-state index contributed by atoms with van der Waals surface area (Å²) in [7, 11) is 0. The Hall–Kier alpha value is -3.10. The van der Waals surface area contributed by atoms with Gasteiger partial charge in [-0.25, -0.2) is 0 Å². The standard InChI is InChI=1S/C27H34F3N5O4/c1-25(2,3)20(33-24(39)27(28,29)30)22(37)34-12-17-14-5-6-15(9-14)18(17)19(34)21(36)35-13-26(10-16(35)11-31)7-4-8-32-23(26)38/h5-6,14-20H,4,7-10,12-13H2,1-3H3,(H,32,38)(H,33,39)/t14-,15+,16+,17-,18+,19+,20-,26-/m1/s1. The van der Waals surface area contributed by atoms with Gasteiger partial charge in [0, 0.05) is 19.6 Å². The fourth-order valence-corrected chi connectivity index (χ4v) is 7.56. The molecule has 5 rings (SSSR count). The van der Waals surface area contributed by atoms with E-state index < -0.39 is 52.9 Å². The zero-order valence-electron chi connectivity index (χ0n) is 22.3. The van der Waals surface area contributed by atoms with E-state index in [2.05, 4.69) is 17.5 Å². The number of nitrogens with one attached hydrogen (secondary N) is 2. The van der Waals surface area contributed by atoms with E-state index in [0.717, 1.165) is 12.8 Å². The van der Waals surface area contributed by atoms with Gasteiger partial charge in [-0.15, -0.1) is 0 Å². The molecule has 0 unspecified atom stereocenters. The first-order valence-electron chi connectivity index (χ1n) is 13.5. The van der Waals surface area contributed by atoms with Crippen LogP contribution in [0.3, 0.4) is 0 Å². The van der Waals surface area contributed by atoms with Crippen LogP contribution in [0.15, 0.2) is 12.2 Å². The molecular weight excluding hydrogens is 515 g/mol. The number of carbonyl (C=O) groups is 4. The van der Waals surface area contributed by atoms with Crippen molar-refractivity contribution in [3.05, 3.63) is 12.2 Å². The summed E-state index contributed by atoms with van der Waals surface area (Å²) in [4.78, 5) is 55.8. The molecule has 2 bridgehead atoms. The third-order valence-electron chi connectivity index (χ3n) is 9.44. The summed E-state index contributed by atoms with van der Waals surface area (Å²) in [5.74, 6) is -3.72. The van der Waals surface area contributed by atoms with E-state index in [0.29, 0.717) is 13.0 Å². The van der Waals surface area contributed by atoms with Crippen LogP contribution in [0.5, 0.6) is 0 Å². The summed E-state index contributed by atoms with van der Waals surface area (Å²) in [5.41, 5.74) is -1.95. The Kier molecular flexibility index (Phi) is 6.50. The van der Waals surface area contributed by atoms with Gasteiger partial charge in [-0.3, -0.25) is 19.2 Å². The van der Waals surface area contributed by atoms with Crippen molar-refractivity contribution in [3.8, 4) is 6.07 Å². The van der Waals surface area contributed by atoms with E-state index in [9.17, 15) is 37.6 Å². The van der Waals surface area contributed by atoms with Crippen LogP contribution in [0.1, 0.15) is 46.5 Å². The highest BCUT2D eigenvalue weighted by molar-refractivity contribution is 5.95. The van der Waals surface area contributed by atoms with Gasteiger partial charge in [-0.2, -0.15) is 18.4 Å². The number of hydrogen-bond acceptors (Lipinski definition) is 5. The number of rotatable bonds is 3. The lowest BCUT2D eigenvalue weighted by atomic mass is 9.78. The molecular formula is C27H34F3N5O4. The van der Waals surface area contributed by atoms with Gasteiger partial charge in [0.2, 0.25) is 17.7 Å². The van der Waals surface area contributed by atoms with Gasteiger partial charge in [0.05, 0.1) is 11.5 Å². The maximum atomic E-state index is 14.3. The first kappa shape index (κ1) is 27.5. The molecule has 3 aliphatic heterocycles. The van der Waals surface area contributed by atoms with E-state index >= 15 is 0 Å². The molecule has 0 radical (unpaired) electrons. The van der Waals surface area contributed by atoms with Gasteiger partial charge in [-0.1, -0.05) is 32.9 Å². The topological polar surface area (TPSA) is 123 Å². The summed E-state index contributed by atoms with van der Waals surface area (Å²) in [5, 5.41) is 14.7. The van der Waals surface area contributed by atoms with E-state index in [4.69, 9.17) is 0 Å². The SMILES string of the molecule is CC(C)(C)[C@H](NC(=O)C(F)(F)F)C(=O)N1C[C@H]2[C@@H]([C@H]1C(=O)N1C[C@@]3(CCCNC3=O)C[C@H]1C#N)[C@H]1C=C[C@@H]2C1. The van der Waals surface area contributed by atoms with Crippen molar-refractivity contribution >= 4 is 23.6 Å². The first-order valence-corrected chi connectivity index (χ1v) is 13.5. The molecule has 3 heterocycles. The number of carbonyl (C=O) groups excluding carboxylic acids is 4. The van der Waals surface area contributed by atoms with Crippen molar-refractivity contribution in [2.75, 3.05) is 19.6 Å². The molecule has 4 fully saturated rings. The number of halogens is 3. The number of fused-ring (bicyclic) bond motifs is 5. The lowest BCUT2D eigenvalue weighted by Crippen LogP contribution is -2.60. The zero-order chi connectivity index (χ0) is 28.5. The molecule has 9 nitrogen and oxygen atoms in total. The minimum Gasteiger partial charge on any atom is -0.356 e. The Morgan fingerprint density at radius 3 is 2.49 bits per heavy atom. The number of piperidine rings is 1. The van der Waals surface area contributed by atoms with E-state index in [1.54, 1.807) is 20.8 Å². The molecule has 12 heteroatoms. The lowest BCUT2D eigenvalue weighted by molar-refractivity contribution is -0.176. The molecule has 0 aromatic carbocycles. The van der Waals surface area contributed by atoms with E-state index in [1.807, 2.05) is 11.4 Å². The van der Waals surface area contributed by atoms with Crippen LogP contribution < -0.4 is 10.6 Å². The Morgan fingerprint density at radius 2 is 1.87 bits per heavy atom. The van der Waals surface area contributed by atoms with Crippen molar-refractivity contribution in [2.45, 2.75) is 70.8 Å². The Balaban J connectivity index is 1.48. The number of nitriles is 1. The van der Waals surface area contributed by atoms with Crippen molar-refractivity contribution in [1.82, 2.24) is 20.4 Å². The van der Waals surface area contributed by atoms with Crippen LogP contribution >= 0.6 is 0 Å². The second-order valence-corrected chi connectivity index (χ2v) is 12.9. The predicted octanol–water partition coefficient (Wildman–Crippen LogP) is 1.75. The molecule has 1 saturated carbocycles. The monoisotopic (exact) mass is 549 g/mol. The summed E-state index contributed by atoms with van der Waals surface area (Å²) in [6.07, 6.45) is 1.25. The summed E-state index contributed by atoms with van der Waals surface area (Å²) in [6.45, 7) is 5.45. The number of alkyl halides is 3. The van der Waals surface area contributed by atoms with Crippen LogP contribution in [-0.4, -0.2) is 77.4 Å². The van der Waals surface area contributed by atoms with Gasteiger partial charge >= 0.3 is 12.1 Å². The van der Waals surface area contributed by atoms with Crippen molar-refractivity contribution in [3.63, 3.8) is 0 Å². The molecule has 2 aliphatic carbocycles. The highest BCUT2D eigenvalue weighted by Gasteiger charge is 2.61. The molecule has 2 N–H and O–H groups in total. The molecule has 1 spiro atoms. The van der Waals surface area contributed by atoms with Crippen molar-refractivity contribution in [2.24, 2.45) is 34.5 Å². The van der Waals surface area contributed by atoms with E-state index in [-0.39, 0.29) is 49.1 Å². The minimum atomic E-state index is -5.17. The van der Waals surface area contributed by atoms with Gasteiger partial charge in [0.15, 0.2) is 0 Å². The maximum absolute atomic E-state index is 14.3. The number of likely N-dealkylation sites (tertiary alicyclic amines) is 2. The van der Waals surface area contributed by atoms with Gasteiger partial charge in [0.25, 0.3) is 0 Å². The summed E-state index contributed by atoms with van der Waals surface area (Å²) >= 11 is 0. The molecule has 4 amide bonds. The average molecular weight is 550 g/mol. The number of allylic oxidation sites excluding steroid dienone is 2. The third kappa shape index (κ3) is 4.47. The van der Waals surface area contributed by atoms with Crippen molar-refractivity contribution < 1.29 is 32.3 Å². The first-order chi connectivity index (χ1) is 18.2. The quantitative estimate of drug-likeness (QED) is 0.520. The Morgan fingerprint density at radius 1 is 1.18 bits per heavy atom. The van der Waals surface area contributed by atoms with Crippen LogP contribution in [0, 0.1) is 45.8 Å². The molecule has 0 aromatic heterocycles. The maximum Gasteiger partial charge on any atom is 0.471 e. The van der Waals surface area contributed by atoms with Crippen LogP contribution in [-0.2, 0) is 19.2 Å². The number of amides is 4. The highest BCUT2D eigenvalue weighted by atomic mass is 19.4. The zero-order valence-corrected chi connectivity index (χ0v) is 22.3. The number of hydrogen-bond donors (Lipinski definition) is 2. The molecule has 39 heavy (non-hydrogen) atoms.